The Hall–Kier alpha value is -1.92. The first kappa shape index (κ1) is 15.5. The van der Waals surface area contributed by atoms with E-state index in [2.05, 4.69) is 15.6 Å². The molecule has 0 radical (unpaired) electrons. The number of rotatable bonds is 6. The van der Waals surface area contributed by atoms with Gasteiger partial charge in [0.1, 0.15) is 6.54 Å². The first-order valence-corrected chi connectivity index (χ1v) is 7.53. The molecule has 0 saturated heterocycles. The van der Waals surface area contributed by atoms with E-state index in [0.717, 1.165) is 12.8 Å². The number of carbonyl (C=O) groups excluding carboxylic acids is 2. The van der Waals surface area contributed by atoms with Gasteiger partial charge in [-0.15, -0.1) is 5.10 Å². The predicted octanol–water partition coefficient (Wildman–Crippen LogP) is 1.75. The Labute approximate surface area is 124 Å². The molecular formula is C14H22N4O3. The topological polar surface area (TPSA) is 86.1 Å². The minimum Gasteiger partial charge on any atom is -0.465 e. The molecule has 7 heteroatoms. The summed E-state index contributed by atoms with van der Waals surface area (Å²) in [5.41, 5.74) is 0. The Kier molecular flexibility index (Phi) is 5.71. The maximum atomic E-state index is 11.9. The summed E-state index contributed by atoms with van der Waals surface area (Å²) in [4.78, 5) is 23.2. The third kappa shape index (κ3) is 5.17. The number of hydrogen-bond donors (Lipinski definition) is 1. The van der Waals surface area contributed by atoms with Crippen molar-refractivity contribution < 1.29 is 14.3 Å². The Bertz CT molecular complexity index is 480. The highest BCUT2D eigenvalue weighted by Crippen LogP contribution is 2.26. The third-order valence-electron chi connectivity index (χ3n) is 3.60. The SMILES string of the molecule is CCOC(=O)Cn1cc(NC(=O)CC2CCCCC2)nn1. The Balaban J connectivity index is 1.78. The molecule has 0 atom stereocenters. The van der Waals surface area contributed by atoms with Gasteiger partial charge in [-0.1, -0.05) is 24.5 Å². The Morgan fingerprint density at radius 2 is 2.14 bits per heavy atom. The number of esters is 1. The number of nitrogens with one attached hydrogen (secondary N) is 1. The Morgan fingerprint density at radius 3 is 2.86 bits per heavy atom. The van der Waals surface area contributed by atoms with Gasteiger partial charge in [0.15, 0.2) is 5.82 Å². The van der Waals surface area contributed by atoms with Crippen LogP contribution in [0, 0.1) is 5.92 Å². The number of anilines is 1. The van der Waals surface area contributed by atoms with Crippen molar-refractivity contribution in [3.05, 3.63) is 6.20 Å². The minimum absolute atomic E-state index is 0.000659. The van der Waals surface area contributed by atoms with E-state index in [0.29, 0.717) is 24.8 Å². The molecule has 1 aliphatic carbocycles. The van der Waals surface area contributed by atoms with Crippen LogP contribution in [0.25, 0.3) is 0 Å². The second-order valence-electron chi connectivity index (χ2n) is 5.36. The molecule has 1 amide bonds. The number of carbonyl (C=O) groups is 2. The second-order valence-corrected chi connectivity index (χ2v) is 5.36. The van der Waals surface area contributed by atoms with E-state index in [9.17, 15) is 9.59 Å². The lowest BCUT2D eigenvalue weighted by atomic mass is 9.87. The van der Waals surface area contributed by atoms with Crippen molar-refractivity contribution in [2.45, 2.75) is 52.0 Å². The van der Waals surface area contributed by atoms with Gasteiger partial charge >= 0.3 is 5.97 Å². The van der Waals surface area contributed by atoms with Gasteiger partial charge in [0.05, 0.1) is 12.8 Å². The highest BCUT2D eigenvalue weighted by atomic mass is 16.5. The molecule has 21 heavy (non-hydrogen) atoms. The van der Waals surface area contributed by atoms with Gasteiger partial charge in [-0.25, -0.2) is 4.68 Å². The highest BCUT2D eigenvalue weighted by molar-refractivity contribution is 5.89. The normalized spacial score (nSPS) is 15.7. The summed E-state index contributed by atoms with van der Waals surface area (Å²) in [6.07, 6.45) is 8.04. The number of nitrogens with zero attached hydrogens (tertiary/aromatic N) is 3. The minimum atomic E-state index is -0.373. The van der Waals surface area contributed by atoms with Crippen LogP contribution >= 0.6 is 0 Å². The standard InChI is InChI=1S/C14H22N4O3/c1-2-21-14(20)10-18-9-12(16-17-18)15-13(19)8-11-6-4-3-5-7-11/h9,11H,2-8,10H2,1H3,(H,15,19). The summed E-state index contributed by atoms with van der Waals surface area (Å²) < 4.78 is 6.18. The van der Waals surface area contributed by atoms with Gasteiger partial charge in [0.25, 0.3) is 0 Å². The molecule has 116 valence electrons. The van der Waals surface area contributed by atoms with Gasteiger partial charge in [0, 0.05) is 6.42 Å². The average molecular weight is 294 g/mol. The molecule has 1 aromatic rings. The van der Waals surface area contributed by atoms with Crippen LogP contribution in [0.4, 0.5) is 5.82 Å². The molecule has 1 saturated carbocycles. The Morgan fingerprint density at radius 1 is 1.38 bits per heavy atom. The highest BCUT2D eigenvalue weighted by Gasteiger charge is 2.17. The van der Waals surface area contributed by atoms with Crippen LogP contribution in [0.3, 0.4) is 0 Å². The molecule has 1 heterocycles. The molecule has 1 aliphatic rings. The van der Waals surface area contributed by atoms with E-state index >= 15 is 0 Å². The van der Waals surface area contributed by atoms with E-state index in [1.165, 1.54) is 30.1 Å². The molecule has 1 N–H and O–H groups in total. The zero-order valence-corrected chi connectivity index (χ0v) is 12.4. The second kappa shape index (κ2) is 7.75. The summed E-state index contributed by atoms with van der Waals surface area (Å²) in [5, 5.41) is 10.4. The number of amides is 1. The van der Waals surface area contributed by atoms with Crippen LogP contribution in [-0.2, 0) is 20.9 Å². The summed E-state index contributed by atoms with van der Waals surface area (Å²) in [7, 11) is 0. The largest absolute Gasteiger partial charge is 0.465 e. The fourth-order valence-electron chi connectivity index (χ4n) is 2.62. The van der Waals surface area contributed by atoms with Crippen LogP contribution < -0.4 is 5.32 Å². The van der Waals surface area contributed by atoms with Crippen molar-refractivity contribution in [2.75, 3.05) is 11.9 Å². The molecule has 0 spiro atoms. The van der Waals surface area contributed by atoms with Crippen molar-refractivity contribution in [2.24, 2.45) is 5.92 Å². The smallest absolute Gasteiger partial charge is 0.327 e. The van der Waals surface area contributed by atoms with Crippen molar-refractivity contribution in [1.29, 1.82) is 0 Å². The monoisotopic (exact) mass is 294 g/mol. The third-order valence-corrected chi connectivity index (χ3v) is 3.60. The maximum Gasteiger partial charge on any atom is 0.327 e. The number of aromatic nitrogens is 3. The van der Waals surface area contributed by atoms with Gasteiger partial charge < -0.3 is 10.1 Å². The van der Waals surface area contributed by atoms with Crippen LogP contribution in [0.1, 0.15) is 45.4 Å². The molecule has 7 nitrogen and oxygen atoms in total. The lowest BCUT2D eigenvalue weighted by molar-refractivity contribution is -0.144. The lowest BCUT2D eigenvalue weighted by Crippen LogP contribution is -2.18. The van der Waals surface area contributed by atoms with Crippen molar-refractivity contribution >= 4 is 17.7 Å². The van der Waals surface area contributed by atoms with Gasteiger partial charge in [0.2, 0.25) is 5.91 Å². The average Bonchev–Trinajstić information content (AvgIpc) is 2.87. The molecule has 0 aliphatic heterocycles. The van der Waals surface area contributed by atoms with Crippen LogP contribution in [0.2, 0.25) is 0 Å². The number of hydrogen-bond acceptors (Lipinski definition) is 5. The maximum absolute atomic E-state index is 11.9. The van der Waals surface area contributed by atoms with Gasteiger partial charge in [-0.2, -0.15) is 0 Å². The van der Waals surface area contributed by atoms with Crippen LogP contribution in [-0.4, -0.2) is 33.5 Å². The summed E-state index contributed by atoms with van der Waals surface area (Å²) in [6.45, 7) is 2.08. The van der Waals surface area contributed by atoms with E-state index in [4.69, 9.17) is 4.74 Å². The molecule has 2 rings (SSSR count). The fraction of sp³-hybridized carbons (Fsp3) is 0.714. The first-order chi connectivity index (χ1) is 10.2. The predicted molar refractivity (Wildman–Crippen MR) is 76.5 cm³/mol. The van der Waals surface area contributed by atoms with Gasteiger partial charge in [-0.3, -0.25) is 9.59 Å². The van der Waals surface area contributed by atoms with Crippen molar-refractivity contribution in [3.8, 4) is 0 Å². The van der Waals surface area contributed by atoms with E-state index in [-0.39, 0.29) is 18.4 Å². The zero-order chi connectivity index (χ0) is 15.1. The van der Waals surface area contributed by atoms with Crippen LogP contribution in [0.15, 0.2) is 6.20 Å². The van der Waals surface area contributed by atoms with Gasteiger partial charge in [-0.05, 0) is 25.7 Å². The zero-order valence-electron chi connectivity index (χ0n) is 12.4. The molecule has 1 aromatic heterocycles. The van der Waals surface area contributed by atoms with Crippen molar-refractivity contribution in [1.82, 2.24) is 15.0 Å². The molecule has 0 bridgehead atoms. The quantitative estimate of drug-likeness (QED) is 0.808. The summed E-state index contributed by atoms with van der Waals surface area (Å²) in [5.74, 6) is 0.445. The molecule has 0 aromatic carbocycles. The van der Waals surface area contributed by atoms with Crippen LogP contribution in [0.5, 0.6) is 0 Å². The van der Waals surface area contributed by atoms with Crippen molar-refractivity contribution in [3.63, 3.8) is 0 Å². The molecular weight excluding hydrogens is 272 g/mol. The van der Waals surface area contributed by atoms with E-state index in [1.54, 1.807) is 6.92 Å². The van der Waals surface area contributed by atoms with E-state index < -0.39 is 0 Å². The van der Waals surface area contributed by atoms with E-state index in [1.807, 2.05) is 0 Å². The fourth-order valence-corrected chi connectivity index (χ4v) is 2.62. The lowest BCUT2D eigenvalue weighted by Gasteiger charge is -2.20. The molecule has 0 unspecified atom stereocenters. The number of ether oxygens (including phenoxy) is 1. The molecule has 1 fully saturated rings. The summed E-state index contributed by atoms with van der Waals surface area (Å²) >= 11 is 0. The summed E-state index contributed by atoms with van der Waals surface area (Å²) in [6, 6.07) is 0. The first-order valence-electron chi connectivity index (χ1n) is 7.53.